The molecule has 1 aromatic rings. The summed E-state index contributed by atoms with van der Waals surface area (Å²) in [6.07, 6.45) is 7.60. The van der Waals surface area contributed by atoms with Crippen molar-refractivity contribution >= 4 is 11.6 Å². The zero-order valence-corrected chi connectivity index (χ0v) is 12.3. The van der Waals surface area contributed by atoms with Crippen LogP contribution in [0.3, 0.4) is 0 Å². The van der Waals surface area contributed by atoms with E-state index < -0.39 is 0 Å². The highest BCUT2D eigenvalue weighted by atomic mass is 35.5. The SMILES string of the molecule is CCCNC(c1ccc(F)c(Cl)c1)C1CCCCC1. The van der Waals surface area contributed by atoms with Crippen molar-refractivity contribution in [3.63, 3.8) is 0 Å². The smallest absolute Gasteiger partial charge is 0.141 e. The minimum atomic E-state index is -0.330. The van der Waals surface area contributed by atoms with Crippen LogP contribution in [-0.2, 0) is 0 Å². The van der Waals surface area contributed by atoms with Crippen molar-refractivity contribution < 1.29 is 4.39 Å². The molecule has 1 unspecified atom stereocenters. The molecule has 0 aliphatic heterocycles. The van der Waals surface area contributed by atoms with E-state index in [1.54, 1.807) is 6.07 Å². The van der Waals surface area contributed by atoms with Gasteiger partial charge in [-0.05, 0) is 49.4 Å². The molecule has 1 aliphatic carbocycles. The summed E-state index contributed by atoms with van der Waals surface area (Å²) in [5, 5.41) is 3.85. The summed E-state index contributed by atoms with van der Waals surface area (Å²) < 4.78 is 13.3. The van der Waals surface area contributed by atoms with Gasteiger partial charge in [0.2, 0.25) is 0 Å². The fourth-order valence-corrected chi connectivity index (χ4v) is 3.22. The van der Waals surface area contributed by atoms with E-state index in [2.05, 4.69) is 12.2 Å². The molecule has 3 heteroatoms. The van der Waals surface area contributed by atoms with E-state index in [1.165, 1.54) is 38.2 Å². The van der Waals surface area contributed by atoms with Crippen LogP contribution in [-0.4, -0.2) is 6.54 Å². The first-order valence-corrected chi connectivity index (χ1v) is 7.78. The number of rotatable bonds is 5. The summed E-state index contributed by atoms with van der Waals surface area (Å²) >= 11 is 5.93. The van der Waals surface area contributed by atoms with Crippen molar-refractivity contribution in [1.82, 2.24) is 5.32 Å². The molecule has 1 atom stereocenters. The predicted molar refractivity (Wildman–Crippen MR) is 79.0 cm³/mol. The van der Waals surface area contributed by atoms with Gasteiger partial charge in [-0.1, -0.05) is 43.9 Å². The molecule has 1 nitrogen and oxygen atoms in total. The van der Waals surface area contributed by atoms with Gasteiger partial charge in [-0.3, -0.25) is 0 Å². The first-order valence-electron chi connectivity index (χ1n) is 7.40. The van der Waals surface area contributed by atoms with E-state index in [0.717, 1.165) is 18.5 Å². The second-order valence-electron chi connectivity index (χ2n) is 5.50. The molecule has 1 fully saturated rings. The second-order valence-corrected chi connectivity index (χ2v) is 5.91. The lowest BCUT2D eigenvalue weighted by molar-refractivity contribution is 0.272. The largest absolute Gasteiger partial charge is 0.310 e. The molecule has 0 amide bonds. The van der Waals surface area contributed by atoms with Gasteiger partial charge in [-0.2, -0.15) is 0 Å². The van der Waals surface area contributed by atoms with Crippen LogP contribution in [0.2, 0.25) is 5.02 Å². The molecule has 0 aromatic heterocycles. The van der Waals surface area contributed by atoms with Crippen molar-refractivity contribution in [3.8, 4) is 0 Å². The molecule has 0 heterocycles. The minimum Gasteiger partial charge on any atom is -0.310 e. The van der Waals surface area contributed by atoms with E-state index in [9.17, 15) is 4.39 Å². The van der Waals surface area contributed by atoms with Gasteiger partial charge >= 0.3 is 0 Å². The molecule has 0 saturated heterocycles. The maximum absolute atomic E-state index is 13.3. The monoisotopic (exact) mass is 283 g/mol. The lowest BCUT2D eigenvalue weighted by Crippen LogP contribution is -2.30. The average molecular weight is 284 g/mol. The zero-order valence-electron chi connectivity index (χ0n) is 11.6. The Morgan fingerprint density at radius 3 is 2.68 bits per heavy atom. The highest BCUT2D eigenvalue weighted by Crippen LogP contribution is 2.35. The Hall–Kier alpha value is -0.600. The van der Waals surface area contributed by atoms with Gasteiger partial charge in [0.05, 0.1) is 5.02 Å². The number of nitrogens with one attached hydrogen (secondary N) is 1. The Morgan fingerprint density at radius 1 is 1.32 bits per heavy atom. The molecule has 1 N–H and O–H groups in total. The van der Waals surface area contributed by atoms with Gasteiger partial charge in [-0.25, -0.2) is 4.39 Å². The topological polar surface area (TPSA) is 12.0 Å². The summed E-state index contributed by atoms with van der Waals surface area (Å²) in [4.78, 5) is 0. The molecular weight excluding hydrogens is 261 g/mol. The highest BCUT2D eigenvalue weighted by molar-refractivity contribution is 6.30. The maximum atomic E-state index is 13.3. The summed E-state index contributed by atoms with van der Waals surface area (Å²) in [5.74, 6) is 0.324. The number of halogens is 2. The van der Waals surface area contributed by atoms with E-state index in [1.807, 2.05) is 6.07 Å². The summed E-state index contributed by atoms with van der Waals surface area (Å²) in [5.41, 5.74) is 1.13. The van der Waals surface area contributed by atoms with E-state index in [4.69, 9.17) is 11.6 Å². The number of hydrogen-bond donors (Lipinski definition) is 1. The van der Waals surface area contributed by atoms with Gasteiger partial charge in [-0.15, -0.1) is 0 Å². The van der Waals surface area contributed by atoms with Gasteiger partial charge < -0.3 is 5.32 Å². The van der Waals surface area contributed by atoms with E-state index >= 15 is 0 Å². The highest BCUT2D eigenvalue weighted by Gasteiger charge is 2.24. The first kappa shape index (κ1) is 14.8. The Bertz CT molecular complexity index is 402. The first-order chi connectivity index (χ1) is 9.22. The molecule has 0 bridgehead atoms. The molecule has 1 aromatic carbocycles. The van der Waals surface area contributed by atoms with Crippen LogP contribution in [0.15, 0.2) is 18.2 Å². The van der Waals surface area contributed by atoms with Crippen LogP contribution in [0.4, 0.5) is 4.39 Å². The lowest BCUT2D eigenvalue weighted by atomic mass is 9.81. The van der Waals surface area contributed by atoms with Gasteiger partial charge in [0.1, 0.15) is 5.82 Å². The van der Waals surface area contributed by atoms with Crippen molar-refractivity contribution in [1.29, 1.82) is 0 Å². The summed E-state index contributed by atoms with van der Waals surface area (Å²) in [6.45, 7) is 3.17. The Morgan fingerprint density at radius 2 is 2.05 bits per heavy atom. The molecule has 19 heavy (non-hydrogen) atoms. The normalized spacial score (nSPS) is 18.5. The second kappa shape index (κ2) is 7.25. The average Bonchev–Trinajstić information content (AvgIpc) is 2.44. The fourth-order valence-electron chi connectivity index (χ4n) is 3.03. The molecule has 2 rings (SSSR count). The molecular formula is C16H23ClFN. The van der Waals surface area contributed by atoms with Crippen LogP contribution >= 0.6 is 11.6 Å². The van der Waals surface area contributed by atoms with Gasteiger partial charge in [0.15, 0.2) is 0 Å². The van der Waals surface area contributed by atoms with Gasteiger partial charge in [0.25, 0.3) is 0 Å². The van der Waals surface area contributed by atoms with Crippen molar-refractivity contribution in [2.45, 2.75) is 51.5 Å². The third-order valence-corrected chi connectivity index (χ3v) is 4.33. The minimum absolute atomic E-state index is 0.233. The van der Waals surface area contributed by atoms with Crippen LogP contribution in [0.25, 0.3) is 0 Å². The van der Waals surface area contributed by atoms with Crippen LogP contribution in [0.5, 0.6) is 0 Å². The molecule has 0 spiro atoms. The number of hydrogen-bond acceptors (Lipinski definition) is 1. The molecule has 1 aliphatic rings. The Balaban J connectivity index is 2.17. The predicted octanol–water partition coefficient (Wildman–Crippen LogP) is 5.10. The van der Waals surface area contributed by atoms with E-state index in [0.29, 0.717) is 12.0 Å². The molecule has 1 saturated carbocycles. The maximum Gasteiger partial charge on any atom is 0.141 e. The quantitative estimate of drug-likeness (QED) is 0.793. The third kappa shape index (κ3) is 3.93. The van der Waals surface area contributed by atoms with Gasteiger partial charge in [0, 0.05) is 6.04 Å². The Kier molecular flexibility index (Phi) is 5.65. The molecule has 0 radical (unpaired) electrons. The lowest BCUT2D eigenvalue weighted by Gasteiger charge is -2.31. The standard InChI is InChI=1S/C16H23ClFN/c1-2-10-19-16(12-6-4-3-5-7-12)13-8-9-15(18)14(17)11-13/h8-9,11-12,16,19H,2-7,10H2,1H3. The van der Waals surface area contributed by atoms with E-state index in [-0.39, 0.29) is 10.8 Å². The summed E-state index contributed by atoms with van der Waals surface area (Å²) in [6, 6.07) is 5.47. The zero-order chi connectivity index (χ0) is 13.7. The Labute approximate surface area is 120 Å². The molecule has 106 valence electrons. The summed E-state index contributed by atoms with van der Waals surface area (Å²) in [7, 11) is 0. The van der Waals surface area contributed by atoms with Crippen LogP contribution in [0.1, 0.15) is 57.1 Å². The fraction of sp³-hybridized carbons (Fsp3) is 0.625. The third-order valence-electron chi connectivity index (χ3n) is 4.04. The van der Waals surface area contributed by atoms with Crippen LogP contribution < -0.4 is 5.32 Å². The van der Waals surface area contributed by atoms with Crippen LogP contribution in [0, 0.1) is 11.7 Å². The van der Waals surface area contributed by atoms with Crippen molar-refractivity contribution in [3.05, 3.63) is 34.6 Å². The number of benzene rings is 1. The van der Waals surface area contributed by atoms with Crippen molar-refractivity contribution in [2.75, 3.05) is 6.54 Å². The van der Waals surface area contributed by atoms with Crippen molar-refractivity contribution in [2.24, 2.45) is 5.92 Å².